The molecular weight excluding hydrogens is 536 g/mol. The first kappa shape index (κ1) is 28.7. The van der Waals surface area contributed by atoms with E-state index in [1.54, 1.807) is 45.2 Å². The van der Waals surface area contributed by atoms with Gasteiger partial charge in [-0.3, -0.25) is 4.57 Å². The van der Waals surface area contributed by atoms with Crippen molar-refractivity contribution in [1.29, 1.82) is 0 Å². The van der Waals surface area contributed by atoms with E-state index in [1.165, 1.54) is 4.57 Å². The Morgan fingerprint density at radius 2 is 1.62 bits per heavy atom. The largest absolute Gasteiger partial charge is 0.494 e. The number of fused-ring (bicyclic) bond motifs is 4. The Labute approximate surface area is 244 Å². The van der Waals surface area contributed by atoms with Crippen molar-refractivity contribution in [2.75, 3.05) is 13.2 Å². The number of aromatic nitrogens is 1. The first-order chi connectivity index (χ1) is 20.1. The van der Waals surface area contributed by atoms with Gasteiger partial charge in [-0.2, -0.15) is 0 Å². The molecule has 218 valence electrons. The smallest absolute Gasteiger partial charge is 0.419 e. The van der Waals surface area contributed by atoms with Crippen molar-refractivity contribution in [3.05, 3.63) is 89.6 Å². The lowest BCUT2D eigenvalue weighted by Gasteiger charge is -2.19. The van der Waals surface area contributed by atoms with E-state index < -0.39 is 29.8 Å². The number of carbonyl (C=O) groups is 3. The summed E-state index contributed by atoms with van der Waals surface area (Å²) in [5.41, 5.74) is 4.64. The lowest BCUT2D eigenvalue weighted by molar-refractivity contribution is -0.139. The quantitative estimate of drug-likeness (QED) is 0.253. The summed E-state index contributed by atoms with van der Waals surface area (Å²) >= 11 is 0. The number of carboxylic acids is 1. The number of benzene rings is 3. The van der Waals surface area contributed by atoms with Crippen molar-refractivity contribution in [1.82, 2.24) is 9.88 Å². The topological polar surface area (TPSA) is 116 Å². The van der Waals surface area contributed by atoms with Gasteiger partial charge in [0.05, 0.1) is 12.1 Å². The SMILES string of the molecule is CCOc1ccc2c(c1)c(C[C@H](NC(=O)OCC1c3ccccc3-c3ccccc31)C(=O)O)cn2C(=O)OC(C)(C)C. The number of aliphatic carboxylic acids is 1. The molecule has 1 aliphatic carbocycles. The number of rotatable bonds is 8. The zero-order valence-corrected chi connectivity index (χ0v) is 24.0. The number of alkyl carbamates (subject to hydrolysis) is 1. The summed E-state index contributed by atoms with van der Waals surface area (Å²) in [6, 6.07) is 19.8. The molecule has 4 aromatic rings. The molecule has 0 saturated carbocycles. The molecule has 0 spiro atoms. The second-order valence-electron chi connectivity index (χ2n) is 11.2. The molecule has 1 aliphatic rings. The van der Waals surface area contributed by atoms with Gasteiger partial charge in [0.1, 0.15) is 24.0 Å². The number of amides is 1. The summed E-state index contributed by atoms with van der Waals surface area (Å²) < 4.78 is 18.1. The maximum Gasteiger partial charge on any atom is 0.419 e. The summed E-state index contributed by atoms with van der Waals surface area (Å²) in [5, 5.41) is 13.1. The summed E-state index contributed by atoms with van der Waals surface area (Å²) in [7, 11) is 0. The van der Waals surface area contributed by atoms with Gasteiger partial charge in [-0.05, 0) is 73.7 Å². The van der Waals surface area contributed by atoms with Crippen LogP contribution in [0, 0.1) is 0 Å². The lowest BCUT2D eigenvalue weighted by atomic mass is 9.98. The molecule has 9 heteroatoms. The molecule has 0 unspecified atom stereocenters. The highest BCUT2D eigenvalue weighted by Crippen LogP contribution is 2.44. The zero-order valence-electron chi connectivity index (χ0n) is 24.0. The molecule has 0 saturated heterocycles. The van der Waals surface area contributed by atoms with Crippen LogP contribution in [0.15, 0.2) is 72.9 Å². The van der Waals surface area contributed by atoms with Gasteiger partial charge in [-0.1, -0.05) is 48.5 Å². The molecule has 1 amide bonds. The molecule has 1 aromatic heterocycles. The van der Waals surface area contributed by atoms with Crippen LogP contribution in [-0.2, 0) is 20.7 Å². The van der Waals surface area contributed by atoms with Crippen LogP contribution in [-0.4, -0.2) is 52.7 Å². The Bertz CT molecular complexity index is 1600. The highest BCUT2D eigenvalue weighted by molar-refractivity contribution is 5.93. The normalized spacial score (nSPS) is 13.2. The van der Waals surface area contributed by atoms with Crippen LogP contribution >= 0.6 is 0 Å². The molecule has 1 heterocycles. The molecule has 3 aromatic carbocycles. The fourth-order valence-corrected chi connectivity index (χ4v) is 5.36. The highest BCUT2D eigenvalue weighted by atomic mass is 16.6. The molecule has 1 atom stereocenters. The van der Waals surface area contributed by atoms with Crippen LogP contribution in [0.3, 0.4) is 0 Å². The third-order valence-corrected chi connectivity index (χ3v) is 7.12. The van der Waals surface area contributed by atoms with Gasteiger partial charge in [-0.15, -0.1) is 0 Å². The maximum atomic E-state index is 13.0. The first-order valence-electron chi connectivity index (χ1n) is 13.9. The molecule has 0 aliphatic heterocycles. The van der Waals surface area contributed by atoms with Crippen molar-refractivity contribution in [2.45, 2.75) is 51.7 Å². The van der Waals surface area contributed by atoms with E-state index in [9.17, 15) is 19.5 Å². The minimum Gasteiger partial charge on any atom is -0.494 e. The van der Waals surface area contributed by atoms with Crippen molar-refractivity contribution >= 4 is 29.1 Å². The number of nitrogens with one attached hydrogen (secondary N) is 1. The van der Waals surface area contributed by atoms with E-state index in [4.69, 9.17) is 14.2 Å². The zero-order chi connectivity index (χ0) is 30.0. The lowest BCUT2D eigenvalue weighted by Crippen LogP contribution is -2.42. The van der Waals surface area contributed by atoms with E-state index in [2.05, 4.69) is 5.32 Å². The van der Waals surface area contributed by atoms with Gasteiger partial charge in [0.15, 0.2) is 0 Å². The fourth-order valence-electron chi connectivity index (χ4n) is 5.36. The number of nitrogens with zero attached hydrogens (tertiary/aromatic N) is 1. The number of hydrogen-bond donors (Lipinski definition) is 2. The molecule has 9 nitrogen and oxygen atoms in total. The van der Waals surface area contributed by atoms with Crippen LogP contribution in [0.1, 0.15) is 50.3 Å². The molecule has 0 fully saturated rings. The van der Waals surface area contributed by atoms with Crippen LogP contribution in [0.25, 0.3) is 22.0 Å². The molecule has 0 radical (unpaired) electrons. The van der Waals surface area contributed by atoms with Crippen LogP contribution < -0.4 is 10.1 Å². The summed E-state index contributed by atoms with van der Waals surface area (Å²) in [4.78, 5) is 38.2. The second kappa shape index (κ2) is 11.6. The Balaban J connectivity index is 1.35. The number of hydrogen-bond acceptors (Lipinski definition) is 6. The minimum atomic E-state index is -1.31. The predicted octanol–water partition coefficient (Wildman–Crippen LogP) is 6.36. The van der Waals surface area contributed by atoms with Crippen molar-refractivity contribution in [3.63, 3.8) is 0 Å². The summed E-state index contributed by atoms with van der Waals surface area (Å²) in [5.74, 6) is -0.817. The molecule has 2 N–H and O–H groups in total. The summed E-state index contributed by atoms with van der Waals surface area (Å²) in [6.07, 6.45) is 0.0139. The number of carboxylic acid groups (broad SMARTS) is 1. The molecule has 0 bridgehead atoms. The van der Waals surface area contributed by atoms with Crippen molar-refractivity contribution in [3.8, 4) is 16.9 Å². The first-order valence-corrected chi connectivity index (χ1v) is 13.9. The van der Waals surface area contributed by atoms with Gasteiger partial charge in [0.25, 0.3) is 0 Å². The monoisotopic (exact) mass is 570 g/mol. The van der Waals surface area contributed by atoms with Gasteiger partial charge >= 0.3 is 18.2 Å². The number of ether oxygens (including phenoxy) is 3. The van der Waals surface area contributed by atoms with Gasteiger partial charge in [-0.25, -0.2) is 14.4 Å². The average Bonchev–Trinajstić information content (AvgIpc) is 3.46. The van der Waals surface area contributed by atoms with Gasteiger partial charge in [0.2, 0.25) is 0 Å². The maximum absolute atomic E-state index is 13.0. The molecule has 5 rings (SSSR count). The van der Waals surface area contributed by atoms with E-state index >= 15 is 0 Å². The van der Waals surface area contributed by atoms with Gasteiger partial charge < -0.3 is 24.6 Å². The van der Waals surface area contributed by atoms with Crippen LogP contribution in [0.5, 0.6) is 5.75 Å². The van der Waals surface area contributed by atoms with Crippen LogP contribution in [0.4, 0.5) is 9.59 Å². The Hall–Kier alpha value is -4.79. The standard InChI is InChI=1S/C33H34N2O7/c1-5-40-21-14-15-29-26(17-21)20(18-35(29)32(39)42-33(2,3)4)16-28(30(36)37)34-31(38)41-19-27-24-12-8-6-10-22(24)23-11-7-9-13-25(23)27/h6-15,17-18,27-28H,5,16,19H2,1-4H3,(H,34,38)(H,36,37)/t28-/m0/s1. The van der Waals surface area contributed by atoms with Crippen LogP contribution in [0.2, 0.25) is 0 Å². The second-order valence-corrected chi connectivity index (χ2v) is 11.2. The highest BCUT2D eigenvalue weighted by Gasteiger charge is 2.30. The molecule has 42 heavy (non-hydrogen) atoms. The van der Waals surface area contributed by atoms with E-state index in [-0.39, 0.29) is 18.9 Å². The Morgan fingerprint density at radius 3 is 2.21 bits per heavy atom. The average molecular weight is 571 g/mol. The number of carbonyl (C=O) groups excluding carboxylic acids is 2. The Kier molecular flexibility index (Phi) is 7.93. The third kappa shape index (κ3) is 5.95. The summed E-state index contributed by atoms with van der Waals surface area (Å²) in [6.45, 7) is 7.66. The Morgan fingerprint density at radius 1 is 0.976 bits per heavy atom. The predicted molar refractivity (Wildman–Crippen MR) is 158 cm³/mol. The third-order valence-electron chi connectivity index (χ3n) is 7.12. The van der Waals surface area contributed by atoms with E-state index in [0.29, 0.717) is 28.8 Å². The van der Waals surface area contributed by atoms with Crippen molar-refractivity contribution < 1.29 is 33.7 Å². The van der Waals surface area contributed by atoms with Gasteiger partial charge in [0, 0.05) is 23.9 Å². The fraction of sp³-hybridized carbons (Fsp3) is 0.303. The van der Waals surface area contributed by atoms with E-state index in [1.807, 2.05) is 55.5 Å². The van der Waals surface area contributed by atoms with Crippen molar-refractivity contribution in [2.24, 2.45) is 0 Å². The minimum absolute atomic E-state index is 0.0574. The molecular formula is C33H34N2O7. The van der Waals surface area contributed by atoms with E-state index in [0.717, 1.165) is 22.3 Å².